The molecule has 5 heterocycles. The molecule has 1 saturated heterocycles. The molecule has 0 radical (unpaired) electrons. The molecule has 3 aromatic rings. The Morgan fingerprint density at radius 3 is 2.62 bits per heavy atom. The van der Waals surface area contributed by atoms with Crippen molar-refractivity contribution in [2.24, 2.45) is 5.92 Å². The Morgan fingerprint density at radius 1 is 1.11 bits per heavy atom. The number of fused-ring (bicyclic) bond motifs is 3. The van der Waals surface area contributed by atoms with Crippen molar-refractivity contribution in [2.75, 3.05) is 34.8 Å². The number of likely N-dealkylation sites (N-methyl/N-ethyl adjacent to an activating group) is 1. The van der Waals surface area contributed by atoms with E-state index < -0.39 is 35.5 Å². The van der Waals surface area contributed by atoms with Crippen molar-refractivity contribution in [2.45, 2.75) is 59.0 Å². The molecule has 3 amide bonds. The van der Waals surface area contributed by atoms with Crippen LogP contribution >= 0.6 is 0 Å². The lowest BCUT2D eigenvalue weighted by Gasteiger charge is -2.39. The van der Waals surface area contributed by atoms with Gasteiger partial charge in [-0.1, -0.05) is 18.1 Å². The molecule has 2 aromatic heterocycles. The minimum atomic E-state index is -4.64. The fourth-order valence-corrected chi connectivity index (χ4v) is 6.59. The molecule has 0 N–H and O–H groups in total. The first-order valence-corrected chi connectivity index (χ1v) is 14.6. The van der Waals surface area contributed by atoms with Gasteiger partial charge in [0.1, 0.15) is 17.7 Å². The van der Waals surface area contributed by atoms with E-state index in [0.717, 1.165) is 39.8 Å². The third-order valence-corrected chi connectivity index (χ3v) is 8.60. The van der Waals surface area contributed by atoms with Crippen LogP contribution in [0.25, 0.3) is 0 Å². The molecule has 2 atom stereocenters. The number of hydrogen-bond donors (Lipinski definition) is 0. The van der Waals surface area contributed by atoms with Crippen LogP contribution in [0.4, 0.5) is 30.4 Å². The van der Waals surface area contributed by atoms with Crippen LogP contribution in [0.5, 0.6) is 0 Å². The molecule has 6 rings (SSSR count). The number of imidazole rings is 1. The molecule has 3 aliphatic heterocycles. The Hall–Kier alpha value is -4.86. The van der Waals surface area contributed by atoms with Crippen LogP contribution < -0.4 is 14.7 Å². The maximum Gasteiger partial charge on any atom is 0.416 e. The average molecular weight is 620 g/mol. The van der Waals surface area contributed by atoms with Gasteiger partial charge in [-0.3, -0.25) is 19.3 Å². The van der Waals surface area contributed by atoms with Crippen LogP contribution in [-0.2, 0) is 40.2 Å². The molecule has 0 spiro atoms. The monoisotopic (exact) mass is 619 g/mol. The standard InChI is InChI=1S/C32H32F3N7O3/c1-5-7-27(43)40-11-10-39-16-23(37-26(39)18-40)17-41-15-21-13-28(44)42(25-14-22(32(33,34)35)12-20(3)36-25)30(21)31(45)38(4)24-9-6-8-19(2)29(24)41/h6,8-9,12,14,16,21,30H,10-11,13,15,17-18H2,1-4H3/t21-,30+/m1/s1. The van der Waals surface area contributed by atoms with Crippen LogP contribution in [-0.4, -0.2) is 63.3 Å². The van der Waals surface area contributed by atoms with Gasteiger partial charge in [0.25, 0.3) is 5.91 Å². The number of carbonyl (C=O) groups excluding carboxylic acids is 3. The molecule has 0 saturated carbocycles. The molecule has 1 fully saturated rings. The van der Waals surface area contributed by atoms with Crippen LogP contribution in [0.1, 0.15) is 41.7 Å². The lowest BCUT2D eigenvalue weighted by atomic mass is 9.95. The summed E-state index contributed by atoms with van der Waals surface area (Å²) in [4.78, 5) is 55.4. The van der Waals surface area contributed by atoms with Gasteiger partial charge in [0.2, 0.25) is 11.8 Å². The van der Waals surface area contributed by atoms with Crippen LogP contribution in [0.2, 0.25) is 0 Å². The van der Waals surface area contributed by atoms with Gasteiger partial charge in [-0.2, -0.15) is 13.2 Å². The van der Waals surface area contributed by atoms with Crippen molar-refractivity contribution >= 4 is 34.9 Å². The van der Waals surface area contributed by atoms with Crippen molar-refractivity contribution in [3.05, 3.63) is 64.9 Å². The van der Waals surface area contributed by atoms with E-state index in [-0.39, 0.29) is 30.4 Å². The van der Waals surface area contributed by atoms with E-state index in [4.69, 9.17) is 4.98 Å². The van der Waals surface area contributed by atoms with E-state index in [1.165, 1.54) is 11.8 Å². The summed E-state index contributed by atoms with van der Waals surface area (Å²) >= 11 is 0. The number of aryl methyl sites for hydroxylation is 2. The SMILES string of the molecule is CC#CC(=O)N1CCn2cc(CN3C[C@H]4CC(=O)N(c5cc(C(F)(F)F)cc(C)n5)[C@@H]4C(=O)N(C)c4cccc(C)c43)nc2C1. The first kappa shape index (κ1) is 30.2. The summed E-state index contributed by atoms with van der Waals surface area (Å²) in [7, 11) is 1.62. The number of halogens is 3. The first-order valence-electron chi connectivity index (χ1n) is 14.6. The number of rotatable bonds is 3. The zero-order valence-electron chi connectivity index (χ0n) is 25.4. The Bertz CT molecular complexity index is 1770. The number of anilines is 3. The highest BCUT2D eigenvalue weighted by Crippen LogP contribution is 2.42. The number of alkyl halides is 3. The molecule has 234 valence electrons. The minimum Gasteiger partial charge on any atom is -0.363 e. The number of carbonyl (C=O) groups is 3. The van der Waals surface area contributed by atoms with Gasteiger partial charge in [0, 0.05) is 50.9 Å². The predicted molar refractivity (Wildman–Crippen MR) is 160 cm³/mol. The summed E-state index contributed by atoms with van der Waals surface area (Å²) in [6.45, 7) is 7.04. The number of hydrogen-bond acceptors (Lipinski definition) is 6. The average Bonchev–Trinajstić information content (AvgIpc) is 3.53. The third kappa shape index (κ3) is 5.49. The highest BCUT2D eigenvalue weighted by atomic mass is 19.4. The molecule has 13 heteroatoms. The smallest absolute Gasteiger partial charge is 0.363 e. The number of benzene rings is 1. The van der Waals surface area contributed by atoms with Crippen molar-refractivity contribution < 1.29 is 27.6 Å². The van der Waals surface area contributed by atoms with E-state index in [0.29, 0.717) is 31.9 Å². The van der Waals surface area contributed by atoms with Crippen LogP contribution in [0, 0.1) is 31.6 Å². The summed E-state index contributed by atoms with van der Waals surface area (Å²) < 4.78 is 43.2. The summed E-state index contributed by atoms with van der Waals surface area (Å²) in [6.07, 6.45) is -2.72. The van der Waals surface area contributed by atoms with E-state index in [1.54, 1.807) is 18.9 Å². The number of pyridine rings is 1. The Kier molecular flexibility index (Phi) is 7.54. The zero-order chi connectivity index (χ0) is 32.2. The lowest BCUT2D eigenvalue weighted by Crippen LogP contribution is -2.52. The van der Waals surface area contributed by atoms with Crippen molar-refractivity contribution in [1.82, 2.24) is 19.4 Å². The van der Waals surface area contributed by atoms with Crippen LogP contribution in [0.3, 0.4) is 0 Å². The maximum absolute atomic E-state index is 14.1. The molecule has 0 bridgehead atoms. The normalized spacial score (nSPS) is 19.8. The molecule has 1 aromatic carbocycles. The highest BCUT2D eigenvalue weighted by Gasteiger charge is 2.49. The second-order valence-corrected chi connectivity index (χ2v) is 11.7. The second-order valence-electron chi connectivity index (χ2n) is 11.7. The van der Waals surface area contributed by atoms with Crippen LogP contribution in [0.15, 0.2) is 36.5 Å². The van der Waals surface area contributed by atoms with Gasteiger partial charge in [0.15, 0.2) is 0 Å². The highest BCUT2D eigenvalue weighted by molar-refractivity contribution is 6.10. The summed E-state index contributed by atoms with van der Waals surface area (Å²) in [5.74, 6) is 4.13. The molecule has 0 aliphatic carbocycles. The Labute approximate surface area is 258 Å². The van der Waals surface area contributed by atoms with Crippen molar-refractivity contribution in [3.8, 4) is 11.8 Å². The molecular formula is C32H32F3N7O3. The number of para-hydroxylation sites is 1. The Morgan fingerprint density at radius 2 is 1.89 bits per heavy atom. The van der Waals surface area contributed by atoms with Gasteiger partial charge in [-0.25, -0.2) is 9.97 Å². The van der Waals surface area contributed by atoms with E-state index in [9.17, 15) is 27.6 Å². The van der Waals surface area contributed by atoms with Crippen molar-refractivity contribution in [1.29, 1.82) is 0 Å². The molecule has 10 nitrogen and oxygen atoms in total. The number of nitrogens with zero attached hydrogens (tertiary/aromatic N) is 7. The topological polar surface area (TPSA) is 94.9 Å². The van der Waals surface area contributed by atoms with Gasteiger partial charge >= 0.3 is 6.18 Å². The maximum atomic E-state index is 14.1. The quantitative estimate of drug-likeness (QED) is 0.416. The van der Waals surface area contributed by atoms with Crippen molar-refractivity contribution in [3.63, 3.8) is 0 Å². The minimum absolute atomic E-state index is 0.0336. The van der Waals surface area contributed by atoms with Gasteiger partial charge < -0.3 is 19.3 Å². The second kappa shape index (κ2) is 11.3. The largest absolute Gasteiger partial charge is 0.416 e. The van der Waals surface area contributed by atoms with Gasteiger partial charge in [-0.05, 0) is 50.5 Å². The molecule has 3 aliphatic rings. The fraction of sp³-hybridized carbons (Fsp3) is 0.406. The summed E-state index contributed by atoms with van der Waals surface area (Å²) in [5.41, 5.74) is 2.26. The van der Waals surface area contributed by atoms with E-state index in [1.807, 2.05) is 35.9 Å². The lowest BCUT2D eigenvalue weighted by molar-refractivity contribution is -0.137. The number of amides is 3. The Balaban J connectivity index is 1.37. The zero-order valence-corrected chi connectivity index (χ0v) is 25.4. The van der Waals surface area contributed by atoms with E-state index >= 15 is 0 Å². The van der Waals surface area contributed by atoms with Gasteiger partial charge in [0.05, 0.1) is 35.7 Å². The number of aromatic nitrogens is 3. The molecule has 45 heavy (non-hydrogen) atoms. The molecule has 0 unspecified atom stereocenters. The van der Waals surface area contributed by atoms with Gasteiger partial charge in [-0.15, -0.1) is 0 Å². The first-order chi connectivity index (χ1) is 21.3. The van der Waals surface area contributed by atoms with E-state index in [2.05, 4.69) is 21.7 Å². The summed E-state index contributed by atoms with van der Waals surface area (Å²) in [5, 5.41) is 0. The third-order valence-electron chi connectivity index (χ3n) is 8.60. The fourth-order valence-electron chi connectivity index (χ4n) is 6.59. The summed E-state index contributed by atoms with van der Waals surface area (Å²) in [6, 6.07) is 6.31. The molecular weight excluding hydrogens is 587 g/mol. The predicted octanol–water partition coefficient (Wildman–Crippen LogP) is 3.68.